The minimum atomic E-state index is -1.09. The molecule has 1 atom stereocenters. The molecule has 1 fully saturated rings. The van der Waals surface area contributed by atoms with Crippen LogP contribution in [0.15, 0.2) is 42.5 Å². The van der Waals surface area contributed by atoms with Crippen LogP contribution in [0.25, 0.3) is 0 Å². The van der Waals surface area contributed by atoms with Crippen LogP contribution in [0.5, 0.6) is 5.75 Å². The lowest BCUT2D eigenvalue weighted by Gasteiger charge is -2.45. The number of benzene rings is 2. The normalized spacial score (nSPS) is 19.0. The maximum Gasteiger partial charge on any atom is 0.325 e. The number of halogens is 1. The molecule has 1 unspecified atom stereocenters. The van der Waals surface area contributed by atoms with Crippen LogP contribution < -0.4 is 15.4 Å². The number of amides is 1. The monoisotopic (exact) mass is 399 g/mol. The number of carboxylic acid groups (broad SMARTS) is 1. The average molecular weight is 399 g/mol. The van der Waals surface area contributed by atoms with E-state index in [2.05, 4.69) is 10.6 Å². The largest absolute Gasteiger partial charge is 0.496 e. The van der Waals surface area contributed by atoms with Crippen molar-refractivity contribution in [3.63, 3.8) is 0 Å². The van der Waals surface area contributed by atoms with Gasteiger partial charge in [0.15, 0.2) is 0 Å². The summed E-state index contributed by atoms with van der Waals surface area (Å²) in [5, 5.41) is 16.1. The maximum absolute atomic E-state index is 13.8. The van der Waals surface area contributed by atoms with Gasteiger partial charge in [-0.1, -0.05) is 12.1 Å². The van der Waals surface area contributed by atoms with E-state index >= 15 is 0 Å². The first-order chi connectivity index (χ1) is 13.9. The quantitative estimate of drug-likeness (QED) is 0.733. The SMILES string of the molecule is COc1ccc(F)cc1C(C(=O)O)N1CCC2(CC1)Nc1ccccc1NC2=O. The molecule has 0 bridgehead atoms. The molecule has 0 aliphatic carbocycles. The van der Waals surface area contributed by atoms with Crippen molar-refractivity contribution in [2.24, 2.45) is 0 Å². The number of carbonyl (C=O) groups is 2. The predicted octanol–water partition coefficient (Wildman–Crippen LogP) is 2.86. The molecule has 7 nitrogen and oxygen atoms in total. The highest BCUT2D eigenvalue weighted by Crippen LogP contribution is 2.39. The van der Waals surface area contributed by atoms with Gasteiger partial charge in [0, 0.05) is 18.7 Å². The smallest absolute Gasteiger partial charge is 0.325 e. The van der Waals surface area contributed by atoms with E-state index in [4.69, 9.17) is 4.74 Å². The summed E-state index contributed by atoms with van der Waals surface area (Å²) in [5.74, 6) is -1.41. The molecule has 2 heterocycles. The molecular weight excluding hydrogens is 377 g/mol. The number of ether oxygens (including phenoxy) is 1. The zero-order valence-electron chi connectivity index (χ0n) is 15.9. The number of carboxylic acids is 1. The topological polar surface area (TPSA) is 90.9 Å². The van der Waals surface area contributed by atoms with Crippen molar-refractivity contribution in [1.29, 1.82) is 0 Å². The fraction of sp³-hybridized carbons (Fsp3) is 0.333. The van der Waals surface area contributed by atoms with Gasteiger partial charge in [-0.3, -0.25) is 14.5 Å². The second kappa shape index (κ2) is 7.36. The van der Waals surface area contributed by atoms with Crippen molar-refractivity contribution in [1.82, 2.24) is 4.90 Å². The summed E-state index contributed by atoms with van der Waals surface area (Å²) >= 11 is 0. The second-order valence-electron chi connectivity index (χ2n) is 7.37. The van der Waals surface area contributed by atoms with Gasteiger partial charge >= 0.3 is 5.97 Å². The standard InChI is InChI=1S/C21H22FN3O4/c1-29-17-7-6-13(22)12-14(17)18(19(26)27)25-10-8-21(9-11-25)20(28)23-15-4-2-3-5-16(15)24-21/h2-7,12,18,24H,8-11H2,1H3,(H,23,28)(H,26,27). The molecule has 3 N–H and O–H groups in total. The number of fused-ring (bicyclic) bond motifs is 1. The van der Waals surface area contributed by atoms with Crippen molar-refractivity contribution in [2.45, 2.75) is 24.4 Å². The van der Waals surface area contributed by atoms with Crippen molar-refractivity contribution in [2.75, 3.05) is 30.8 Å². The van der Waals surface area contributed by atoms with Gasteiger partial charge in [-0.25, -0.2) is 4.39 Å². The number of anilines is 2. The third kappa shape index (κ3) is 3.40. The van der Waals surface area contributed by atoms with Crippen molar-refractivity contribution < 1.29 is 23.8 Å². The van der Waals surface area contributed by atoms with Crippen LogP contribution >= 0.6 is 0 Å². The molecule has 0 saturated carbocycles. The molecule has 0 radical (unpaired) electrons. The Hall–Kier alpha value is -3.13. The second-order valence-corrected chi connectivity index (χ2v) is 7.37. The lowest BCUT2D eigenvalue weighted by molar-refractivity contribution is -0.144. The van der Waals surface area contributed by atoms with Crippen molar-refractivity contribution >= 4 is 23.3 Å². The Balaban J connectivity index is 1.58. The summed E-state index contributed by atoms with van der Waals surface area (Å²) in [5.41, 5.74) is 1.06. The number of aliphatic carboxylic acids is 1. The highest BCUT2D eigenvalue weighted by molar-refractivity contribution is 6.06. The first kappa shape index (κ1) is 19.2. The van der Waals surface area contributed by atoms with Crippen molar-refractivity contribution in [3.8, 4) is 5.75 Å². The number of methoxy groups -OCH3 is 1. The van der Waals surface area contributed by atoms with Gasteiger partial charge in [0.05, 0.1) is 18.5 Å². The Labute approximate surface area is 167 Å². The number of likely N-dealkylation sites (tertiary alicyclic amines) is 1. The zero-order chi connectivity index (χ0) is 20.6. The summed E-state index contributed by atoms with van der Waals surface area (Å²) in [7, 11) is 1.43. The first-order valence-electron chi connectivity index (χ1n) is 9.42. The van der Waals surface area contributed by atoms with Crippen LogP contribution in [0.4, 0.5) is 15.8 Å². The Morgan fingerprint density at radius 3 is 2.55 bits per heavy atom. The van der Waals surface area contributed by atoms with Gasteiger partial charge in [0.25, 0.3) is 0 Å². The molecule has 4 rings (SSSR count). The molecule has 1 spiro atoms. The van der Waals surface area contributed by atoms with Crippen LogP contribution in [-0.4, -0.2) is 47.6 Å². The Morgan fingerprint density at radius 1 is 1.21 bits per heavy atom. The lowest BCUT2D eigenvalue weighted by atomic mass is 9.83. The summed E-state index contributed by atoms with van der Waals surface area (Å²) < 4.78 is 19.1. The molecule has 2 aromatic carbocycles. The number of hydrogen-bond donors (Lipinski definition) is 3. The van der Waals surface area contributed by atoms with Gasteiger partial charge in [-0.15, -0.1) is 0 Å². The zero-order valence-corrected chi connectivity index (χ0v) is 15.9. The van der Waals surface area contributed by atoms with E-state index in [1.165, 1.54) is 25.3 Å². The first-order valence-corrected chi connectivity index (χ1v) is 9.42. The molecule has 29 heavy (non-hydrogen) atoms. The predicted molar refractivity (Wildman–Crippen MR) is 106 cm³/mol. The third-order valence-corrected chi connectivity index (χ3v) is 5.72. The molecule has 1 saturated heterocycles. The number of rotatable bonds is 4. The minimum absolute atomic E-state index is 0.119. The van der Waals surface area contributed by atoms with Crippen LogP contribution in [0.2, 0.25) is 0 Å². The van der Waals surface area contributed by atoms with Gasteiger partial charge < -0.3 is 20.5 Å². The summed E-state index contributed by atoms with van der Waals surface area (Å²) in [6, 6.07) is 10.3. The number of carbonyl (C=O) groups excluding carboxylic acids is 1. The Kier molecular flexibility index (Phi) is 4.87. The molecule has 8 heteroatoms. The average Bonchev–Trinajstić information content (AvgIpc) is 2.70. The third-order valence-electron chi connectivity index (χ3n) is 5.72. The van der Waals surface area contributed by atoms with Crippen LogP contribution in [-0.2, 0) is 9.59 Å². The highest BCUT2D eigenvalue weighted by Gasteiger charge is 2.46. The van der Waals surface area contributed by atoms with Crippen LogP contribution in [0.3, 0.4) is 0 Å². The van der Waals surface area contributed by atoms with E-state index in [1.54, 1.807) is 4.90 Å². The molecule has 0 aromatic heterocycles. The Bertz CT molecular complexity index is 957. The molecule has 152 valence electrons. The number of nitrogens with zero attached hydrogens (tertiary/aromatic N) is 1. The van der Waals surface area contributed by atoms with E-state index in [0.29, 0.717) is 31.7 Å². The van der Waals surface area contributed by atoms with Crippen LogP contribution in [0, 0.1) is 5.82 Å². The number of para-hydroxylation sites is 2. The summed E-state index contributed by atoms with van der Waals surface area (Å²) in [6.07, 6.45) is 0.850. The van der Waals surface area contributed by atoms with E-state index < -0.39 is 23.4 Å². The van der Waals surface area contributed by atoms with E-state index in [1.807, 2.05) is 24.3 Å². The van der Waals surface area contributed by atoms with Gasteiger partial charge in [0.1, 0.15) is 23.1 Å². The van der Waals surface area contributed by atoms with Crippen molar-refractivity contribution in [3.05, 3.63) is 53.8 Å². The van der Waals surface area contributed by atoms with Gasteiger partial charge in [0.2, 0.25) is 5.91 Å². The van der Waals surface area contributed by atoms with Crippen LogP contribution in [0.1, 0.15) is 24.4 Å². The van der Waals surface area contributed by atoms with Gasteiger partial charge in [-0.05, 0) is 43.2 Å². The lowest BCUT2D eigenvalue weighted by Crippen LogP contribution is -2.59. The Morgan fingerprint density at radius 2 is 1.90 bits per heavy atom. The fourth-order valence-electron chi connectivity index (χ4n) is 4.18. The van der Waals surface area contributed by atoms with Gasteiger partial charge in [-0.2, -0.15) is 0 Å². The highest BCUT2D eigenvalue weighted by atomic mass is 19.1. The molecule has 2 aromatic rings. The fourth-order valence-corrected chi connectivity index (χ4v) is 4.18. The number of hydrogen-bond acceptors (Lipinski definition) is 5. The van der Waals surface area contributed by atoms with E-state index in [0.717, 1.165) is 11.4 Å². The minimum Gasteiger partial charge on any atom is -0.496 e. The maximum atomic E-state index is 13.8. The molecular formula is C21H22FN3O4. The van der Waals surface area contributed by atoms with E-state index in [-0.39, 0.29) is 11.5 Å². The summed E-state index contributed by atoms with van der Waals surface area (Å²) in [6.45, 7) is 0.721. The summed E-state index contributed by atoms with van der Waals surface area (Å²) in [4.78, 5) is 26.6. The number of piperidine rings is 1. The molecule has 1 amide bonds. The van der Waals surface area contributed by atoms with E-state index in [9.17, 15) is 19.1 Å². The number of nitrogens with one attached hydrogen (secondary N) is 2. The molecule has 2 aliphatic rings. The molecule has 2 aliphatic heterocycles.